The van der Waals surface area contributed by atoms with Gasteiger partial charge in [0.05, 0.1) is 5.69 Å². The SMILES string of the molecule is Cc1cc(C(=O)OCC(=O)c2cc(C)n(-c3ccc4c(c3)OCO4)c2C)on1. The van der Waals surface area contributed by atoms with Crippen LogP contribution >= 0.6 is 0 Å². The third-order valence-corrected chi connectivity index (χ3v) is 4.51. The molecule has 0 amide bonds. The van der Waals surface area contributed by atoms with Gasteiger partial charge in [-0.05, 0) is 39.0 Å². The molecule has 0 radical (unpaired) electrons. The molecular formula is C20H18N2O6. The van der Waals surface area contributed by atoms with Gasteiger partial charge >= 0.3 is 5.97 Å². The van der Waals surface area contributed by atoms with E-state index in [9.17, 15) is 9.59 Å². The number of ketones is 1. The van der Waals surface area contributed by atoms with Crippen LogP contribution in [0.25, 0.3) is 5.69 Å². The predicted octanol–water partition coefficient (Wildman–Crippen LogP) is 3.16. The van der Waals surface area contributed by atoms with E-state index in [1.54, 1.807) is 13.0 Å². The summed E-state index contributed by atoms with van der Waals surface area (Å²) in [5, 5.41) is 3.63. The second-order valence-corrected chi connectivity index (χ2v) is 6.49. The summed E-state index contributed by atoms with van der Waals surface area (Å²) in [6.07, 6.45) is 0. The van der Waals surface area contributed by atoms with Gasteiger partial charge in [-0.15, -0.1) is 0 Å². The Morgan fingerprint density at radius 3 is 2.64 bits per heavy atom. The first-order chi connectivity index (χ1) is 13.4. The summed E-state index contributed by atoms with van der Waals surface area (Å²) >= 11 is 0. The fourth-order valence-corrected chi connectivity index (χ4v) is 3.21. The van der Waals surface area contributed by atoms with Gasteiger partial charge in [-0.1, -0.05) is 5.16 Å². The molecule has 144 valence electrons. The van der Waals surface area contributed by atoms with Crippen molar-refractivity contribution in [1.82, 2.24) is 9.72 Å². The summed E-state index contributed by atoms with van der Waals surface area (Å²) in [5.74, 6) is 0.297. The highest BCUT2D eigenvalue weighted by atomic mass is 16.7. The van der Waals surface area contributed by atoms with Crippen molar-refractivity contribution in [3.8, 4) is 17.2 Å². The summed E-state index contributed by atoms with van der Waals surface area (Å²) in [5.41, 5.74) is 3.51. The number of esters is 1. The molecule has 1 aromatic carbocycles. The Bertz CT molecular complexity index is 1080. The van der Waals surface area contributed by atoms with Crippen LogP contribution in [0.5, 0.6) is 11.5 Å². The molecule has 4 rings (SSSR count). The normalized spacial score (nSPS) is 12.2. The number of hydrogen-bond donors (Lipinski definition) is 0. The highest BCUT2D eigenvalue weighted by molar-refractivity contribution is 6.00. The third-order valence-electron chi connectivity index (χ3n) is 4.51. The standard InChI is InChI=1S/C20H18N2O6/c1-11-6-19(28-21-11)20(24)25-9-16(23)15-7-12(2)22(13(15)3)14-4-5-17-18(8-14)27-10-26-17/h4-8H,9-10H2,1-3H3. The van der Waals surface area contributed by atoms with Gasteiger partial charge in [0.1, 0.15) is 0 Å². The van der Waals surface area contributed by atoms with E-state index >= 15 is 0 Å². The number of nitrogens with zero attached hydrogens (tertiary/aromatic N) is 2. The zero-order valence-corrected chi connectivity index (χ0v) is 15.6. The van der Waals surface area contributed by atoms with Crippen LogP contribution in [0.2, 0.25) is 0 Å². The van der Waals surface area contributed by atoms with Crippen LogP contribution in [0.3, 0.4) is 0 Å². The average molecular weight is 382 g/mol. The summed E-state index contributed by atoms with van der Waals surface area (Å²) in [6, 6.07) is 8.82. The number of fused-ring (bicyclic) bond motifs is 1. The first-order valence-electron chi connectivity index (χ1n) is 8.66. The summed E-state index contributed by atoms with van der Waals surface area (Å²) < 4.78 is 22.6. The van der Waals surface area contributed by atoms with Crippen LogP contribution in [0.1, 0.15) is 38.0 Å². The minimum absolute atomic E-state index is 0.0314. The van der Waals surface area contributed by atoms with Crippen molar-refractivity contribution in [3.05, 3.63) is 58.7 Å². The van der Waals surface area contributed by atoms with Gasteiger partial charge in [-0.3, -0.25) is 4.79 Å². The van der Waals surface area contributed by atoms with Gasteiger partial charge in [0.15, 0.2) is 18.1 Å². The molecule has 0 bridgehead atoms. The van der Waals surface area contributed by atoms with E-state index in [1.165, 1.54) is 6.07 Å². The van der Waals surface area contributed by atoms with Gasteiger partial charge < -0.3 is 23.3 Å². The van der Waals surface area contributed by atoms with Crippen LogP contribution in [0, 0.1) is 20.8 Å². The van der Waals surface area contributed by atoms with E-state index in [4.69, 9.17) is 18.7 Å². The van der Waals surface area contributed by atoms with E-state index in [2.05, 4.69) is 5.16 Å². The quantitative estimate of drug-likeness (QED) is 0.494. The number of aryl methyl sites for hydroxylation is 2. The molecule has 8 nitrogen and oxygen atoms in total. The molecule has 3 aromatic rings. The molecular weight excluding hydrogens is 364 g/mol. The second-order valence-electron chi connectivity index (χ2n) is 6.49. The average Bonchev–Trinajstić information content (AvgIpc) is 3.38. The first kappa shape index (κ1) is 17.8. The largest absolute Gasteiger partial charge is 0.454 e. The van der Waals surface area contributed by atoms with Crippen molar-refractivity contribution < 1.29 is 28.3 Å². The lowest BCUT2D eigenvalue weighted by Crippen LogP contribution is -2.14. The minimum Gasteiger partial charge on any atom is -0.454 e. The zero-order chi connectivity index (χ0) is 19.8. The molecule has 0 saturated carbocycles. The Kier molecular flexibility index (Phi) is 4.38. The van der Waals surface area contributed by atoms with Gasteiger partial charge in [0, 0.05) is 34.8 Å². The highest BCUT2D eigenvalue weighted by Crippen LogP contribution is 2.34. The maximum atomic E-state index is 12.6. The van der Waals surface area contributed by atoms with Crippen molar-refractivity contribution in [2.24, 2.45) is 0 Å². The molecule has 3 heterocycles. The summed E-state index contributed by atoms with van der Waals surface area (Å²) in [4.78, 5) is 24.6. The molecule has 0 N–H and O–H groups in total. The molecule has 0 aliphatic carbocycles. The second kappa shape index (κ2) is 6.88. The molecule has 1 aliphatic rings. The van der Waals surface area contributed by atoms with E-state index in [-0.39, 0.29) is 24.9 Å². The highest BCUT2D eigenvalue weighted by Gasteiger charge is 2.21. The topological polar surface area (TPSA) is 92.8 Å². The van der Waals surface area contributed by atoms with Crippen molar-refractivity contribution in [3.63, 3.8) is 0 Å². The number of ether oxygens (including phenoxy) is 3. The smallest absolute Gasteiger partial charge is 0.377 e. The molecule has 0 unspecified atom stereocenters. The van der Waals surface area contributed by atoms with Crippen molar-refractivity contribution in [2.75, 3.05) is 13.4 Å². The number of carbonyl (C=O) groups is 2. The van der Waals surface area contributed by atoms with Crippen molar-refractivity contribution >= 4 is 11.8 Å². The first-order valence-corrected chi connectivity index (χ1v) is 8.66. The fourth-order valence-electron chi connectivity index (χ4n) is 3.21. The molecule has 28 heavy (non-hydrogen) atoms. The lowest BCUT2D eigenvalue weighted by atomic mass is 10.1. The van der Waals surface area contributed by atoms with E-state index in [0.717, 1.165) is 17.1 Å². The monoisotopic (exact) mass is 382 g/mol. The van der Waals surface area contributed by atoms with Crippen molar-refractivity contribution in [2.45, 2.75) is 20.8 Å². The maximum Gasteiger partial charge on any atom is 0.377 e. The summed E-state index contributed by atoms with van der Waals surface area (Å²) in [7, 11) is 0. The van der Waals surface area contributed by atoms with E-state index < -0.39 is 5.97 Å². The molecule has 2 aromatic heterocycles. The number of Topliss-reactive ketones (excluding diaryl/α,β-unsaturated/α-hetero) is 1. The Labute approximate surface area is 160 Å². The molecule has 0 atom stereocenters. The Morgan fingerprint density at radius 2 is 1.89 bits per heavy atom. The molecule has 1 aliphatic heterocycles. The number of benzene rings is 1. The Morgan fingerprint density at radius 1 is 1.11 bits per heavy atom. The zero-order valence-electron chi connectivity index (χ0n) is 15.6. The van der Waals surface area contributed by atoms with E-state index in [1.807, 2.05) is 36.6 Å². The van der Waals surface area contributed by atoms with Crippen LogP contribution < -0.4 is 9.47 Å². The van der Waals surface area contributed by atoms with Crippen LogP contribution in [-0.2, 0) is 4.74 Å². The molecule has 0 spiro atoms. The van der Waals surface area contributed by atoms with Gasteiger partial charge in [-0.25, -0.2) is 4.79 Å². The number of hydrogen-bond acceptors (Lipinski definition) is 7. The van der Waals surface area contributed by atoms with Crippen LogP contribution in [0.4, 0.5) is 0 Å². The van der Waals surface area contributed by atoms with Crippen LogP contribution in [0.15, 0.2) is 34.9 Å². The number of rotatable bonds is 5. The summed E-state index contributed by atoms with van der Waals surface area (Å²) in [6.45, 7) is 5.24. The minimum atomic E-state index is -0.724. The predicted molar refractivity (Wildman–Crippen MR) is 97.2 cm³/mol. The lowest BCUT2D eigenvalue weighted by molar-refractivity contribution is 0.0435. The van der Waals surface area contributed by atoms with Crippen molar-refractivity contribution in [1.29, 1.82) is 0 Å². The number of aromatic nitrogens is 2. The van der Waals surface area contributed by atoms with Crippen LogP contribution in [-0.4, -0.2) is 34.9 Å². The Hall–Kier alpha value is -3.55. The molecule has 8 heteroatoms. The van der Waals surface area contributed by atoms with E-state index in [0.29, 0.717) is 22.8 Å². The molecule has 0 fully saturated rings. The maximum absolute atomic E-state index is 12.6. The number of carbonyl (C=O) groups excluding carboxylic acids is 2. The molecule has 0 saturated heterocycles. The Balaban J connectivity index is 1.53. The van der Waals surface area contributed by atoms with Gasteiger partial charge in [0.2, 0.25) is 18.3 Å². The van der Waals surface area contributed by atoms with Gasteiger partial charge in [0.25, 0.3) is 0 Å². The third kappa shape index (κ3) is 3.13. The lowest BCUT2D eigenvalue weighted by Gasteiger charge is -2.10. The van der Waals surface area contributed by atoms with Gasteiger partial charge in [-0.2, -0.15) is 0 Å². The fraction of sp³-hybridized carbons (Fsp3) is 0.250.